The Hall–Kier alpha value is -1.30. The first-order valence-corrected chi connectivity index (χ1v) is 13.3. The van der Waals surface area contributed by atoms with Gasteiger partial charge in [0.2, 0.25) is 0 Å². The average Bonchev–Trinajstić information content (AvgIpc) is 3.23. The predicted octanol–water partition coefficient (Wildman–Crippen LogP) is 4.55. The Bertz CT molecular complexity index is 996. The minimum Gasteiger partial charge on any atom is -0.396 e. The lowest BCUT2D eigenvalue weighted by atomic mass is 9.43. The third kappa shape index (κ3) is 2.57. The number of allylic oxidation sites excluding steroid dienone is 4. The monoisotopic (exact) mass is 470 g/mol. The van der Waals surface area contributed by atoms with Crippen molar-refractivity contribution in [3.8, 4) is 0 Å². The highest BCUT2D eigenvalue weighted by molar-refractivity contribution is 5.95. The fourth-order valence-electron chi connectivity index (χ4n) is 9.15. The SMILES string of the molecule is CCC(=O)[C@@H]1C[C@@H](C)[C@]2(CC(=O)[C@@]3(C)C4=CC[C@H]5[C@@](C)(CO)[C@@H](O)CC[C@]5(C)C4=CC[C@@]32C)O1. The molecule has 2 N–H and O–H groups in total. The zero-order valence-corrected chi connectivity index (χ0v) is 21.7. The topological polar surface area (TPSA) is 83.8 Å². The second kappa shape index (κ2) is 7.36. The summed E-state index contributed by atoms with van der Waals surface area (Å²) >= 11 is 0. The van der Waals surface area contributed by atoms with Gasteiger partial charge in [0.25, 0.3) is 0 Å². The van der Waals surface area contributed by atoms with Crippen LogP contribution in [0.4, 0.5) is 0 Å². The van der Waals surface area contributed by atoms with E-state index in [1.807, 2.05) is 13.8 Å². The molecular weight excluding hydrogens is 428 g/mol. The molecule has 5 aliphatic rings. The molecule has 0 bridgehead atoms. The smallest absolute Gasteiger partial charge is 0.161 e. The highest BCUT2D eigenvalue weighted by atomic mass is 16.5. The van der Waals surface area contributed by atoms with Crippen LogP contribution in [0.5, 0.6) is 0 Å². The standard InChI is InChI=1S/C29H42O5/c1-7-20(31)21-14-17(2)29(34-21)15-24(33)28(6)19-8-9-22-25(3,18(19)10-13-27(28,29)5)12-11-23(32)26(22,4)16-30/h8,10,17,21-23,30,32H,7,9,11-16H2,1-6H3/t17-,21+,22-,23+,25-,26-,27+,28-,29+/m1/s1. The van der Waals surface area contributed by atoms with Crippen LogP contribution in [0.15, 0.2) is 23.3 Å². The molecular formula is C29H42O5. The average molecular weight is 471 g/mol. The molecule has 1 heterocycles. The maximum atomic E-state index is 14.0. The van der Waals surface area contributed by atoms with Crippen LogP contribution in [-0.2, 0) is 14.3 Å². The van der Waals surface area contributed by atoms with Gasteiger partial charge in [0.15, 0.2) is 5.78 Å². The van der Waals surface area contributed by atoms with Crippen LogP contribution in [0.1, 0.15) is 86.5 Å². The Labute approximate surface area is 204 Å². The number of rotatable bonds is 3. The van der Waals surface area contributed by atoms with E-state index in [9.17, 15) is 19.8 Å². The first-order valence-electron chi connectivity index (χ1n) is 13.3. The fraction of sp³-hybridized carbons (Fsp3) is 0.793. The summed E-state index contributed by atoms with van der Waals surface area (Å²) in [5.74, 6) is 0.618. The van der Waals surface area contributed by atoms with Gasteiger partial charge in [-0.15, -0.1) is 0 Å². The van der Waals surface area contributed by atoms with Crippen molar-refractivity contribution in [1.29, 1.82) is 0 Å². The van der Waals surface area contributed by atoms with Crippen LogP contribution in [0.25, 0.3) is 0 Å². The largest absolute Gasteiger partial charge is 0.396 e. The predicted molar refractivity (Wildman–Crippen MR) is 130 cm³/mol. The Morgan fingerprint density at radius 1 is 1.18 bits per heavy atom. The number of fused-ring (bicyclic) bond motifs is 6. The number of carbonyl (C=O) groups excluding carboxylic acids is 2. The summed E-state index contributed by atoms with van der Waals surface area (Å²) in [5, 5.41) is 21.1. The molecule has 0 radical (unpaired) electrons. The van der Waals surface area contributed by atoms with Gasteiger partial charge in [-0.25, -0.2) is 0 Å². The molecule has 0 unspecified atom stereocenters. The Kier molecular flexibility index (Phi) is 5.28. The molecule has 1 aliphatic heterocycles. The van der Waals surface area contributed by atoms with Crippen molar-refractivity contribution in [1.82, 2.24) is 0 Å². The lowest BCUT2D eigenvalue weighted by Gasteiger charge is -2.61. The van der Waals surface area contributed by atoms with Crippen LogP contribution >= 0.6 is 0 Å². The molecule has 5 nitrogen and oxygen atoms in total. The molecule has 0 aromatic rings. The Morgan fingerprint density at radius 3 is 2.53 bits per heavy atom. The summed E-state index contributed by atoms with van der Waals surface area (Å²) in [4.78, 5) is 26.6. The number of aliphatic hydroxyl groups excluding tert-OH is 2. The first-order chi connectivity index (χ1) is 15.9. The number of aliphatic hydroxyl groups is 2. The minimum absolute atomic E-state index is 0.0416. The van der Waals surface area contributed by atoms with Gasteiger partial charge in [0, 0.05) is 23.7 Å². The van der Waals surface area contributed by atoms with E-state index in [-0.39, 0.29) is 35.4 Å². The molecule has 3 fully saturated rings. The van der Waals surface area contributed by atoms with Crippen LogP contribution in [0, 0.1) is 33.5 Å². The second-order valence-electron chi connectivity index (χ2n) is 12.9. The molecule has 1 spiro atoms. The third-order valence-corrected chi connectivity index (χ3v) is 11.8. The van der Waals surface area contributed by atoms with Crippen molar-refractivity contribution >= 4 is 11.6 Å². The lowest BCUT2D eigenvalue weighted by molar-refractivity contribution is -0.158. The van der Waals surface area contributed by atoms with Crippen molar-refractivity contribution in [2.75, 3.05) is 6.61 Å². The molecule has 5 heteroatoms. The Morgan fingerprint density at radius 2 is 1.88 bits per heavy atom. The number of Topliss-reactive ketones (excluding diaryl/α,β-unsaturated/α-hetero) is 2. The molecule has 9 atom stereocenters. The van der Waals surface area contributed by atoms with E-state index in [1.165, 1.54) is 5.57 Å². The van der Waals surface area contributed by atoms with Crippen LogP contribution in [-0.4, -0.2) is 46.2 Å². The van der Waals surface area contributed by atoms with E-state index in [1.54, 1.807) is 0 Å². The van der Waals surface area contributed by atoms with Gasteiger partial charge < -0.3 is 14.9 Å². The summed E-state index contributed by atoms with van der Waals surface area (Å²) in [6, 6.07) is 0. The number of hydrogen-bond acceptors (Lipinski definition) is 5. The summed E-state index contributed by atoms with van der Waals surface area (Å²) < 4.78 is 6.67. The van der Waals surface area contributed by atoms with Crippen molar-refractivity contribution in [2.45, 2.75) is 104 Å². The van der Waals surface area contributed by atoms with Gasteiger partial charge in [0.1, 0.15) is 11.9 Å². The molecule has 0 aromatic heterocycles. The molecule has 188 valence electrons. The highest BCUT2D eigenvalue weighted by Gasteiger charge is 2.75. The van der Waals surface area contributed by atoms with Crippen molar-refractivity contribution < 1.29 is 24.5 Å². The van der Waals surface area contributed by atoms with Gasteiger partial charge >= 0.3 is 0 Å². The number of ether oxygens (including phenoxy) is 1. The molecule has 2 saturated carbocycles. The van der Waals surface area contributed by atoms with E-state index < -0.39 is 34.1 Å². The number of hydrogen-bond donors (Lipinski definition) is 2. The normalized spacial score (nSPS) is 52.1. The molecule has 0 amide bonds. The summed E-state index contributed by atoms with van der Waals surface area (Å²) in [6.07, 6.45) is 8.15. The van der Waals surface area contributed by atoms with Crippen molar-refractivity contribution in [2.24, 2.45) is 33.5 Å². The summed E-state index contributed by atoms with van der Waals surface area (Å²) in [6.45, 7) is 12.6. The van der Waals surface area contributed by atoms with Crippen LogP contribution < -0.4 is 0 Å². The Balaban J connectivity index is 1.62. The van der Waals surface area contributed by atoms with Gasteiger partial charge in [-0.3, -0.25) is 9.59 Å². The van der Waals surface area contributed by atoms with E-state index in [0.29, 0.717) is 25.7 Å². The lowest BCUT2D eigenvalue weighted by Crippen LogP contribution is -2.59. The van der Waals surface area contributed by atoms with Crippen molar-refractivity contribution in [3.63, 3.8) is 0 Å². The molecule has 0 aromatic carbocycles. The van der Waals surface area contributed by atoms with Gasteiger partial charge in [0.05, 0.1) is 23.7 Å². The highest BCUT2D eigenvalue weighted by Crippen LogP contribution is 2.73. The number of ketones is 2. The van der Waals surface area contributed by atoms with Crippen LogP contribution in [0.3, 0.4) is 0 Å². The zero-order chi connectivity index (χ0) is 24.9. The van der Waals surface area contributed by atoms with E-state index >= 15 is 0 Å². The minimum atomic E-state index is -0.671. The van der Waals surface area contributed by atoms with Gasteiger partial charge in [-0.05, 0) is 67.4 Å². The third-order valence-electron chi connectivity index (χ3n) is 11.8. The second-order valence-corrected chi connectivity index (χ2v) is 12.9. The van der Waals surface area contributed by atoms with E-state index in [2.05, 4.69) is 39.8 Å². The van der Waals surface area contributed by atoms with E-state index in [0.717, 1.165) is 24.8 Å². The summed E-state index contributed by atoms with van der Waals surface area (Å²) in [5.41, 5.74) is -0.0926. The fourth-order valence-corrected chi connectivity index (χ4v) is 9.15. The summed E-state index contributed by atoms with van der Waals surface area (Å²) in [7, 11) is 0. The van der Waals surface area contributed by atoms with Crippen LogP contribution in [0.2, 0.25) is 0 Å². The molecule has 34 heavy (non-hydrogen) atoms. The quantitative estimate of drug-likeness (QED) is 0.632. The van der Waals surface area contributed by atoms with Gasteiger partial charge in [-0.1, -0.05) is 46.8 Å². The number of carbonyl (C=O) groups is 2. The van der Waals surface area contributed by atoms with E-state index in [4.69, 9.17) is 4.74 Å². The maximum absolute atomic E-state index is 14.0. The van der Waals surface area contributed by atoms with Crippen molar-refractivity contribution in [3.05, 3.63) is 23.3 Å². The zero-order valence-electron chi connectivity index (χ0n) is 21.7. The molecule has 4 aliphatic carbocycles. The molecule has 1 saturated heterocycles. The van der Waals surface area contributed by atoms with Gasteiger partial charge in [-0.2, -0.15) is 0 Å². The first kappa shape index (κ1) is 24.4. The molecule has 5 rings (SSSR count). The maximum Gasteiger partial charge on any atom is 0.161 e.